The highest BCUT2D eigenvalue weighted by molar-refractivity contribution is 7.90. The van der Waals surface area contributed by atoms with E-state index in [-0.39, 0.29) is 10.8 Å². The van der Waals surface area contributed by atoms with E-state index in [1.165, 1.54) is 0 Å². The van der Waals surface area contributed by atoms with Gasteiger partial charge in [-0.15, -0.1) is 4.72 Å². The van der Waals surface area contributed by atoms with Crippen LogP contribution in [-0.4, -0.2) is 14.3 Å². The van der Waals surface area contributed by atoms with Crippen molar-refractivity contribution in [1.29, 1.82) is 0 Å². The standard InChI is InChI=1S/C12H16ClF3N2OS/c1-7(18-20(19)11(2,3)4)9-5-8(12(14,15)16)6-10(13)17-9/h5-7,18H,1-4H3/t7-,20?/m1/s1. The van der Waals surface area contributed by atoms with E-state index in [2.05, 4.69) is 9.71 Å². The molecule has 1 N–H and O–H groups in total. The number of hydrogen-bond acceptors (Lipinski definition) is 3. The van der Waals surface area contributed by atoms with Crippen molar-refractivity contribution in [2.24, 2.45) is 0 Å². The zero-order valence-corrected chi connectivity index (χ0v) is 13.1. The largest absolute Gasteiger partial charge is 0.598 e. The fraction of sp³-hybridized carbons (Fsp3) is 0.583. The van der Waals surface area contributed by atoms with E-state index in [1.807, 2.05) is 0 Å². The molecule has 0 amide bonds. The van der Waals surface area contributed by atoms with Crippen LogP contribution < -0.4 is 4.72 Å². The third kappa shape index (κ3) is 4.80. The van der Waals surface area contributed by atoms with Gasteiger partial charge in [0, 0.05) is 11.4 Å². The summed E-state index contributed by atoms with van der Waals surface area (Å²) in [6.07, 6.45) is -4.50. The van der Waals surface area contributed by atoms with Crippen LogP contribution in [0.3, 0.4) is 0 Å². The smallest absolute Gasteiger partial charge is 0.416 e. The first-order valence-electron chi connectivity index (χ1n) is 5.84. The van der Waals surface area contributed by atoms with Crippen LogP contribution in [0.1, 0.15) is 45.0 Å². The first-order chi connectivity index (χ1) is 8.91. The van der Waals surface area contributed by atoms with Gasteiger partial charge in [-0.05, 0) is 39.8 Å². The molecule has 1 aromatic heterocycles. The van der Waals surface area contributed by atoms with Crippen molar-refractivity contribution in [2.45, 2.75) is 44.7 Å². The van der Waals surface area contributed by atoms with Crippen molar-refractivity contribution < 1.29 is 17.7 Å². The summed E-state index contributed by atoms with van der Waals surface area (Å²) in [6.45, 7) is 6.86. The predicted molar refractivity (Wildman–Crippen MR) is 73.7 cm³/mol. The highest BCUT2D eigenvalue weighted by Crippen LogP contribution is 2.32. The highest BCUT2D eigenvalue weighted by atomic mass is 35.5. The summed E-state index contributed by atoms with van der Waals surface area (Å²) in [5.74, 6) is 0. The van der Waals surface area contributed by atoms with Crippen LogP contribution in [-0.2, 0) is 17.5 Å². The molecule has 0 saturated carbocycles. The number of nitrogens with one attached hydrogen (secondary N) is 1. The van der Waals surface area contributed by atoms with Gasteiger partial charge in [-0.25, -0.2) is 4.98 Å². The van der Waals surface area contributed by atoms with Gasteiger partial charge in [0.15, 0.2) is 0 Å². The number of alkyl halides is 3. The second-order valence-corrected chi connectivity index (χ2v) is 7.71. The Bertz CT molecular complexity index is 477. The van der Waals surface area contributed by atoms with E-state index in [0.29, 0.717) is 0 Å². The van der Waals surface area contributed by atoms with E-state index >= 15 is 0 Å². The third-order valence-electron chi connectivity index (χ3n) is 2.42. The molecule has 1 aromatic rings. The van der Waals surface area contributed by atoms with Crippen molar-refractivity contribution in [3.63, 3.8) is 0 Å². The molecule has 0 aliphatic carbocycles. The summed E-state index contributed by atoms with van der Waals surface area (Å²) in [5.41, 5.74) is -0.773. The first-order valence-corrected chi connectivity index (χ1v) is 7.37. The minimum Gasteiger partial charge on any atom is -0.598 e. The molecule has 2 atom stereocenters. The predicted octanol–water partition coefficient (Wildman–Crippen LogP) is 3.87. The van der Waals surface area contributed by atoms with Crippen molar-refractivity contribution in [1.82, 2.24) is 9.71 Å². The lowest BCUT2D eigenvalue weighted by Crippen LogP contribution is -2.40. The molecule has 1 unspecified atom stereocenters. The Labute approximate surface area is 124 Å². The van der Waals surface area contributed by atoms with E-state index < -0.39 is 33.9 Å². The van der Waals surface area contributed by atoms with E-state index in [9.17, 15) is 17.7 Å². The molecule has 1 rings (SSSR count). The fourth-order valence-corrected chi connectivity index (χ4v) is 2.31. The maximum absolute atomic E-state index is 12.7. The molecule has 0 radical (unpaired) electrons. The van der Waals surface area contributed by atoms with Gasteiger partial charge in [0.2, 0.25) is 0 Å². The lowest BCUT2D eigenvalue weighted by molar-refractivity contribution is -0.137. The second kappa shape index (κ2) is 6.09. The zero-order valence-electron chi connectivity index (χ0n) is 11.5. The van der Waals surface area contributed by atoms with Crippen LogP contribution in [0, 0.1) is 0 Å². The molecule has 20 heavy (non-hydrogen) atoms. The molecule has 114 valence electrons. The monoisotopic (exact) mass is 328 g/mol. The highest BCUT2D eigenvalue weighted by Gasteiger charge is 2.33. The van der Waals surface area contributed by atoms with Crippen molar-refractivity contribution in [3.8, 4) is 0 Å². The molecular weight excluding hydrogens is 313 g/mol. The maximum Gasteiger partial charge on any atom is 0.416 e. The van der Waals surface area contributed by atoms with Crippen molar-refractivity contribution >= 4 is 23.0 Å². The van der Waals surface area contributed by atoms with Gasteiger partial charge < -0.3 is 4.55 Å². The lowest BCUT2D eigenvalue weighted by atomic mass is 10.1. The number of rotatable bonds is 3. The molecule has 0 aromatic carbocycles. The Morgan fingerprint density at radius 2 is 1.85 bits per heavy atom. The maximum atomic E-state index is 12.7. The molecule has 0 bridgehead atoms. The molecule has 1 heterocycles. The Balaban J connectivity index is 2.99. The third-order valence-corrected chi connectivity index (χ3v) is 4.30. The molecule has 0 spiro atoms. The van der Waals surface area contributed by atoms with Crippen LogP contribution in [0.25, 0.3) is 0 Å². The second-order valence-electron chi connectivity index (χ2n) is 5.32. The van der Waals surface area contributed by atoms with Crippen molar-refractivity contribution in [3.05, 3.63) is 28.5 Å². The summed E-state index contributed by atoms with van der Waals surface area (Å²) < 4.78 is 52.2. The SMILES string of the molecule is C[C@@H](N[S+]([O-])C(C)(C)C)c1cc(C(F)(F)F)cc(Cl)n1. The van der Waals surface area contributed by atoms with Crippen LogP contribution in [0.15, 0.2) is 12.1 Å². The molecular formula is C12H16ClF3N2OS. The van der Waals surface area contributed by atoms with Crippen LogP contribution in [0.5, 0.6) is 0 Å². The Kier molecular flexibility index (Phi) is 5.34. The quantitative estimate of drug-likeness (QED) is 0.677. The number of halogens is 4. The summed E-state index contributed by atoms with van der Waals surface area (Å²) in [7, 11) is 0. The minimum atomic E-state index is -4.50. The number of hydrogen-bond donors (Lipinski definition) is 1. The molecule has 0 aliphatic heterocycles. The van der Waals surface area contributed by atoms with Gasteiger partial charge in [-0.1, -0.05) is 11.6 Å². The van der Waals surface area contributed by atoms with Crippen molar-refractivity contribution in [2.75, 3.05) is 0 Å². The fourth-order valence-electron chi connectivity index (χ4n) is 1.30. The molecule has 0 aliphatic rings. The number of pyridine rings is 1. The minimum absolute atomic E-state index is 0.0995. The average molecular weight is 329 g/mol. The van der Waals surface area contributed by atoms with Gasteiger partial charge in [-0.3, -0.25) is 0 Å². The zero-order chi connectivity index (χ0) is 15.7. The molecule has 3 nitrogen and oxygen atoms in total. The van der Waals surface area contributed by atoms with E-state index in [1.54, 1.807) is 27.7 Å². The van der Waals surface area contributed by atoms with Gasteiger partial charge >= 0.3 is 6.18 Å². The molecule has 0 fully saturated rings. The van der Waals surface area contributed by atoms with Crippen LogP contribution in [0.4, 0.5) is 13.2 Å². The van der Waals surface area contributed by atoms with Crippen LogP contribution in [0.2, 0.25) is 5.15 Å². The van der Waals surface area contributed by atoms with Gasteiger partial charge in [0.05, 0.1) is 17.3 Å². The average Bonchev–Trinajstić information content (AvgIpc) is 2.25. The normalized spacial score (nSPS) is 16.1. The van der Waals surface area contributed by atoms with E-state index in [0.717, 1.165) is 12.1 Å². The molecule has 8 heteroatoms. The lowest BCUT2D eigenvalue weighted by Gasteiger charge is -2.26. The molecule has 0 saturated heterocycles. The number of aromatic nitrogens is 1. The van der Waals surface area contributed by atoms with Gasteiger partial charge in [-0.2, -0.15) is 13.2 Å². The Hall–Kier alpha value is -0.500. The van der Waals surface area contributed by atoms with Crippen LogP contribution >= 0.6 is 11.6 Å². The first kappa shape index (κ1) is 17.6. The van der Waals surface area contributed by atoms with E-state index in [4.69, 9.17) is 11.6 Å². The summed E-state index contributed by atoms with van der Waals surface area (Å²) in [4.78, 5) is 3.85. The van der Waals surface area contributed by atoms with Gasteiger partial charge in [0.1, 0.15) is 9.90 Å². The Morgan fingerprint density at radius 3 is 2.30 bits per heavy atom. The Morgan fingerprint density at radius 1 is 1.30 bits per heavy atom. The summed E-state index contributed by atoms with van der Waals surface area (Å²) in [6, 6.07) is 1.05. The number of nitrogens with zero attached hydrogens (tertiary/aromatic N) is 1. The summed E-state index contributed by atoms with van der Waals surface area (Å²) >= 11 is 4.20. The topological polar surface area (TPSA) is 48.0 Å². The van der Waals surface area contributed by atoms with Gasteiger partial charge in [0.25, 0.3) is 0 Å². The summed E-state index contributed by atoms with van der Waals surface area (Å²) in [5, 5.41) is -0.245.